The second-order valence-corrected chi connectivity index (χ2v) is 5.88. The molecule has 0 radical (unpaired) electrons. The van der Waals surface area contributed by atoms with Crippen LogP contribution in [0.2, 0.25) is 0 Å². The van der Waals surface area contributed by atoms with Crippen molar-refractivity contribution in [2.24, 2.45) is 0 Å². The molecule has 132 valence electrons. The van der Waals surface area contributed by atoms with Gasteiger partial charge >= 0.3 is 6.61 Å². The van der Waals surface area contributed by atoms with E-state index in [2.05, 4.69) is 9.72 Å². The van der Waals surface area contributed by atoms with Crippen molar-refractivity contribution >= 4 is 18.1 Å². The molecule has 1 aliphatic heterocycles. The SMILES string of the molecule is O=C(c1ccc[nH]c1=S)N1CCO[C@@H](c2cccc(OC(F)F)c2)C1. The second kappa shape index (κ2) is 7.71. The standard InChI is InChI=1S/C17H16F2N2O3S/c18-17(19)24-12-4-1-3-11(9-12)14-10-21(7-8-23-14)16(22)13-5-2-6-20-15(13)25/h1-6,9,14,17H,7-8,10H2,(H,20,25)/t14-/m1/s1. The van der Waals surface area contributed by atoms with Gasteiger partial charge in [-0.2, -0.15) is 8.78 Å². The van der Waals surface area contributed by atoms with Gasteiger partial charge in [0.1, 0.15) is 16.5 Å². The van der Waals surface area contributed by atoms with Gasteiger partial charge in [-0.3, -0.25) is 4.79 Å². The number of nitrogens with zero attached hydrogens (tertiary/aromatic N) is 1. The highest BCUT2D eigenvalue weighted by Gasteiger charge is 2.27. The lowest BCUT2D eigenvalue weighted by atomic mass is 10.1. The topological polar surface area (TPSA) is 54.6 Å². The van der Waals surface area contributed by atoms with E-state index >= 15 is 0 Å². The third-order valence-corrected chi connectivity index (χ3v) is 4.20. The average molecular weight is 366 g/mol. The molecule has 0 saturated carbocycles. The van der Waals surface area contributed by atoms with Gasteiger partial charge in [0.25, 0.3) is 5.91 Å². The minimum Gasteiger partial charge on any atom is -0.435 e. The maximum Gasteiger partial charge on any atom is 0.387 e. The van der Waals surface area contributed by atoms with Crippen molar-refractivity contribution in [1.29, 1.82) is 0 Å². The van der Waals surface area contributed by atoms with Crippen LogP contribution in [0.3, 0.4) is 0 Å². The number of carbonyl (C=O) groups excluding carboxylic acids is 1. The largest absolute Gasteiger partial charge is 0.435 e. The molecule has 1 saturated heterocycles. The van der Waals surface area contributed by atoms with Gasteiger partial charge in [-0.1, -0.05) is 24.4 Å². The summed E-state index contributed by atoms with van der Waals surface area (Å²) in [5.74, 6) is -0.125. The summed E-state index contributed by atoms with van der Waals surface area (Å²) < 4.78 is 35.2. The highest BCUT2D eigenvalue weighted by atomic mass is 32.1. The maximum absolute atomic E-state index is 12.7. The van der Waals surface area contributed by atoms with Gasteiger partial charge < -0.3 is 19.4 Å². The molecule has 0 aliphatic carbocycles. The van der Waals surface area contributed by atoms with Crippen LogP contribution in [0.25, 0.3) is 0 Å². The predicted molar refractivity (Wildman–Crippen MR) is 89.3 cm³/mol. The fourth-order valence-corrected chi connectivity index (χ4v) is 2.91. The zero-order valence-corrected chi connectivity index (χ0v) is 14.0. The molecule has 1 aliphatic rings. The second-order valence-electron chi connectivity index (χ2n) is 5.47. The smallest absolute Gasteiger partial charge is 0.387 e. The van der Waals surface area contributed by atoms with Crippen LogP contribution >= 0.6 is 12.2 Å². The van der Waals surface area contributed by atoms with Crippen LogP contribution in [0.5, 0.6) is 5.75 Å². The molecule has 1 aromatic heterocycles. The summed E-state index contributed by atoms with van der Waals surface area (Å²) in [4.78, 5) is 17.2. The Balaban J connectivity index is 1.76. The van der Waals surface area contributed by atoms with Crippen molar-refractivity contribution < 1.29 is 23.0 Å². The number of aromatic nitrogens is 1. The van der Waals surface area contributed by atoms with Crippen LogP contribution in [0, 0.1) is 4.64 Å². The van der Waals surface area contributed by atoms with Crippen LogP contribution in [0.15, 0.2) is 42.6 Å². The fraction of sp³-hybridized carbons (Fsp3) is 0.294. The Hall–Kier alpha value is -2.32. The maximum atomic E-state index is 12.7. The number of alkyl halides is 2. The van der Waals surface area contributed by atoms with Crippen LogP contribution in [0.1, 0.15) is 22.0 Å². The van der Waals surface area contributed by atoms with Crippen LogP contribution < -0.4 is 4.74 Å². The molecule has 2 aromatic rings. The minimum atomic E-state index is -2.89. The molecule has 0 spiro atoms. The number of carbonyl (C=O) groups is 1. The Bertz CT molecular complexity index is 812. The fourth-order valence-electron chi connectivity index (χ4n) is 2.69. The van der Waals surface area contributed by atoms with E-state index in [0.717, 1.165) is 0 Å². The summed E-state index contributed by atoms with van der Waals surface area (Å²) in [5, 5.41) is 0. The number of ether oxygens (including phenoxy) is 2. The quantitative estimate of drug-likeness (QED) is 0.841. The van der Waals surface area contributed by atoms with E-state index in [4.69, 9.17) is 17.0 Å². The van der Waals surface area contributed by atoms with Crippen LogP contribution in [-0.2, 0) is 4.74 Å². The molecule has 1 N–H and O–H groups in total. The summed E-state index contributed by atoms with van der Waals surface area (Å²) >= 11 is 5.16. The summed E-state index contributed by atoms with van der Waals surface area (Å²) in [6.07, 6.45) is 1.25. The van der Waals surface area contributed by atoms with Gasteiger partial charge in [0.15, 0.2) is 0 Å². The van der Waals surface area contributed by atoms with Gasteiger partial charge in [0, 0.05) is 12.7 Å². The zero-order chi connectivity index (χ0) is 17.8. The first-order chi connectivity index (χ1) is 12.0. The van der Waals surface area contributed by atoms with Gasteiger partial charge in [-0.15, -0.1) is 0 Å². The molecule has 1 aromatic carbocycles. The number of nitrogens with one attached hydrogen (secondary N) is 1. The number of H-pyrrole nitrogens is 1. The number of halogens is 2. The third kappa shape index (κ3) is 4.21. The number of rotatable bonds is 4. The molecule has 0 bridgehead atoms. The summed E-state index contributed by atoms with van der Waals surface area (Å²) in [7, 11) is 0. The van der Waals surface area contributed by atoms with E-state index in [1.54, 1.807) is 35.4 Å². The molecular formula is C17H16F2N2O3S. The number of hydrogen-bond donors (Lipinski definition) is 1. The number of benzene rings is 1. The first-order valence-corrected chi connectivity index (χ1v) is 8.09. The molecule has 8 heteroatoms. The number of pyridine rings is 1. The van der Waals surface area contributed by atoms with Crippen LogP contribution in [0.4, 0.5) is 8.78 Å². The Morgan fingerprint density at radius 2 is 2.20 bits per heavy atom. The van der Waals surface area contributed by atoms with Crippen molar-refractivity contribution in [3.8, 4) is 5.75 Å². The highest BCUT2D eigenvalue weighted by molar-refractivity contribution is 7.71. The molecule has 3 rings (SSSR count). The van der Waals surface area contributed by atoms with Gasteiger partial charge in [-0.05, 0) is 29.8 Å². The summed E-state index contributed by atoms with van der Waals surface area (Å²) in [6.45, 7) is -1.80. The lowest BCUT2D eigenvalue weighted by Gasteiger charge is -2.33. The van der Waals surface area contributed by atoms with Crippen molar-refractivity contribution in [3.05, 3.63) is 58.4 Å². The number of aromatic amines is 1. The van der Waals surface area contributed by atoms with E-state index in [1.807, 2.05) is 0 Å². The molecule has 25 heavy (non-hydrogen) atoms. The van der Waals surface area contributed by atoms with Crippen molar-refractivity contribution in [1.82, 2.24) is 9.88 Å². The van der Waals surface area contributed by atoms with Crippen molar-refractivity contribution in [3.63, 3.8) is 0 Å². The Labute approximate surface area is 148 Å². The van der Waals surface area contributed by atoms with Crippen molar-refractivity contribution in [2.75, 3.05) is 19.7 Å². The summed E-state index contributed by atoms with van der Waals surface area (Å²) in [5.41, 5.74) is 1.10. The Kier molecular flexibility index (Phi) is 5.40. The molecular weight excluding hydrogens is 350 g/mol. The van der Waals surface area contributed by atoms with E-state index in [0.29, 0.717) is 35.5 Å². The van der Waals surface area contributed by atoms with Gasteiger partial charge in [0.2, 0.25) is 0 Å². The lowest BCUT2D eigenvalue weighted by Crippen LogP contribution is -2.42. The Morgan fingerprint density at radius 1 is 1.36 bits per heavy atom. The van der Waals surface area contributed by atoms with E-state index in [1.165, 1.54) is 12.1 Å². The molecule has 5 nitrogen and oxygen atoms in total. The number of hydrogen-bond acceptors (Lipinski definition) is 4. The molecule has 1 fully saturated rings. The first-order valence-electron chi connectivity index (χ1n) is 7.68. The number of morpholine rings is 1. The Morgan fingerprint density at radius 3 is 2.96 bits per heavy atom. The van der Waals surface area contributed by atoms with E-state index < -0.39 is 12.7 Å². The minimum absolute atomic E-state index is 0.0602. The molecule has 1 atom stereocenters. The first kappa shape index (κ1) is 17.5. The molecule has 2 heterocycles. The van der Waals surface area contributed by atoms with Crippen LogP contribution in [-0.4, -0.2) is 42.1 Å². The predicted octanol–water partition coefficient (Wildman–Crippen LogP) is 3.56. The summed E-state index contributed by atoms with van der Waals surface area (Å²) in [6, 6.07) is 9.70. The van der Waals surface area contributed by atoms with Crippen molar-refractivity contribution in [2.45, 2.75) is 12.7 Å². The van der Waals surface area contributed by atoms with Gasteiger partial charge in [0.05, 0.1) is 18.7 Å². The third-order valence-electron chi connectivity index (χ3n) is 3.86. The monoisotopic (exact) mass is 366 g/mol. The average Bonchev–Trinajstić information content (AvgIpc) is 2.61. The number of amides is 1. The van der Waals surface area contributed by atoms with E-state index in [9.17, 15) is 13.6 Å². The zero-order valence-electron chi connectivity index (χ0n) is 13.2. The molecule has 0 unspecified atom stereocenters. The van der Waals surface area contributed by atoms with Gasteiger partial charge in [-0.25, -0.2) is 0 Å². The highest BCUT2D eigenvalue weighted by Crippen LogP contribution is 2.27. The normalized spacial score (nSPS) is 17.6. The van der Waals surface area contributed by atoms with E-state index in [-0.39, 0.29) is 11.7 Å². The molecule has 1 amide bonds. The lowest BCUT2D eigenvalue weighted by molar-refractivity contribution is -0.0504.